The number of aryl methyl sites for hydroxylation is 1. The second-order valence-corrected chi connectivity index (χ2v) is 5.30. The summed E-state index contributed by atoms with van der Waals surface area (Å²) in [7, 11) is 0. The largest absolute Gasteiger partial charge is 0.398 e. The van der Waals surface area contributed by atoms with Crippen LogP contribution in [0.25, 0.3) is 0 Å². The molecule has 0 aliphatic rings. The maximum Gasteiger partial charge on any atom is 0.255 e. The molecule has 0 aliphatic heterocycles. The average Bonchev–Trinajstić information content (AvgIpc) is 2.37. The van der Waals surface area contributed by atoms with Crippen LogP contribution in [-0.2, 0) is 6.42 Å². The van der Waals surface area contributed by atoms with Gasteiger partial charge in [-0.1, -0.05) is 28.9 Å². The Balaban J connectivity index is 2.21. The summed E-state index contributed by atoms with van der Waals surface area (Å²) in [5.41, 5.74) is 8.36. The Bertz CT molecular complexity index is 638. The predicted molar refractivity (Wildman–Crippen MR) is 82.3 cm³/mol. The van der Waals surface area contributed by atoms with Crippen molar-refractivity contribution in [2.75, 3.05) is 11.1 Å². The lowest BCUT2D eigenvalue weighted by Crippen LogP contribution is -2.12. The molecule has 20 heavy (non-hydrogen) atoms. The number of hydrogen-bond donors (Lipinski definition) is 2. The number of benzene rings is 2. The number of amides is 1. The highest BCUT2D eigenvalue weighted by atomic mass is 79.9. The van der Waals surface area contributed by atoms with Gasteiger partial charge in [-0.3, -0.25) is 4.79 Å². The van der Waals surface area contributed by atoms with Crippen molar-refractivity contribution in [3.05, 3.63) is 57.8 Å². The van der Waals surface area contributed by atoms with Gasteiger partial charge < -0.3 is 11.1 Å². The summed E-state index contributed by atoms with van der Waals surface area (Å²) in [6.07, 6.45) is 0.830. The summed E-state index contributed by atoms with van der Waals surface area (Å²) >= 11 is 3.16. The van der Waals surface area contributed by atoms with Gasteiger partial charge in [0, 0.05) is 21.4 Å². The van der Waals surface area contributed by atoms with Crippen LogP contribution in [0.1, 0.15) is 22.8 Å². The molecular weight excluding hydrogens is 323 g/mol. The molecule has 0 aromatic heterocycles. The number of carbonyl (C=O) groups is 1. The Kier molecular flexibility index (Phi) is 4.39. The van der Waals surface area contributed by atoms with E-state index in [2.05, 4.69) is 21.2 Å². The van der Waals surface area contributed by atoms with Gasteiger partial charge in [-0.05, 0) is 42.3 Å². The van der Waals surface area contributed by atoms with E-state index < -0.39 is 5.82 Å². The fourth-order valence-electron chi connectivity index (χ4n) is 1.88. The van der Waals surface area contributed by atoms with Crippen LogP contribution in [0.2, 0.25) is 0 Å². The summed E-state index contributed by atoms with van der Waals surface area (Å²) < 4.78 is 13.8. The Hall–Kier alpha value is -1.88. The summed E-state index contributed by atoms with van der Waals surface area (Å²) in [6.45, 7) is 2.01. The van der Waals surface area contributed by atoms with Gasteiger partial charge in [0.1, 0.15) is 5.82 Å². The van der Waals surface area contributed by atoms with E-state index in [4.69, 9.17) is 5.73 Å². The smallest absolute Gasteiger partial charge is 0.255 e. The topological polar surface area (TPSA) is 55.1 Å². The van der Waals surface area contributed by atoms with Gasteiger partial charge in [-0.15, -0.1) is 0 Å². The molecule has 0 spiro atoms. The molecule has 0 saturated heterocycles. The number of hydrogen-bond acceptors (Lipinski definition) is 2. The van der Waals surface area contributed by atoms with Gasteiger partial charge in [-0.2, -0.15) is 0 Å². The third kappa shape index (κ3) is 3.36. The maximum absolute atomic E-state index is 13.3. The number of carbonyl (C=O) groups excluding carboxylic acids is 1. The Morgan fingerprint density at radius 1 is 1.30 bits per heavy atom. The first kappa shape index (κ1) is 14.5. The summed E-state index contributed by atoms with van der Waals surface area (Å²) in [4.78, 5) is 12.0. The van der Waals surface area contributed by atoms with E-state index in [1.165, 1.54) is 12.1 Å². The minimum Gasteiger partial charge on any atom is -0.398 e. The van der Waals surface area contributed by atoms with E-state index in [1.54, 1.807) is 18.2 Å². The first-order valence-electron chi connectivity index (χ1n) is 6.15. The van der Waals surface area contributed by atoms with Crippen LogP contribution in [0, 0.1) is 5.82 Å². The van der Waals surface area contributed by atoms with Gasteiger partial charge >= 0.3 is 0 Å². The summed E-state index contributed by atoms with van der Waals surface area (Å²) in [5, 5.41) is 2.70. The minimum absolute atomic E-state index is 0.245. The van der Waals surface area contributed by atoms with Crippen LogP contribution < -0.4 is 11.1 Å². The summed E-state index contributed by atoms with van der Waals surface area (Å²) in [5.74, 6) is -0.848. The zero-order valence-corrected chi connectivity index (χ0v) is 12.5. The lowest BCUT2D eigenvalue weighted by Gasteiger charge is -2.09. The molecule has 2 aromatic rings. The molecule has 0 saturated carbocycles. The molecule has 0 bridgehead atoms. The van der Waals surface area contributed by atoms with Crippen molar-refractivity contribution in [3.63, 3.8) is 0 Å². The fourth-order valence-corrected chi connectivity index (χ4v) is 2.35. The zero-order chi connectivity index (χ0) is 14.7. The highest BCUT2D eigenvalue weighted by Gasteiger charge is 2.09. The maximum atomic E-state index is 13.3. The van der Waals surface area contributed by atoms with Crippen molar-refractivity contribution in [1.29, 1.82) is 0 Å². The monoisotopic (exact) mass is 336 g/mol. The molecule has 0 radical (unpaired) electrons. The van der Waals surface area contributed by atoms with E-state index in [9.17, 15) is 9.18 Å². The molecule has 0 fully saturated rings. The molecule has 3 N–H and O–H groups in total. The van der Waals surface area contributed by atoms with Gasteiger partial charge in [0.2, 0.25) is 0 Å². The SMILES string of the molecule is CCc1ccc(NC(=O)c2cc(F)cc(Br)c2)cc1N. The normalized spacial score (nSPS) is 10.3. The Morgan fingerprint density at radius 2 is 2.05 bits per heavy atom. The second-order valence-electron chi connectivity index (χ2n) is 4.38. The van der Waals surface area contributed by atoms with Crippen LogP contribution in [0.3, 0.4) is 0 Å². The standard InChI is InChI=1S/C15H14BrFN2O/c1-2-9-3-4-13(8-14(9)18)19-15(20)10-5-11(16)7-12(17)6-10/h3-8H,2,18H2,1H3,(H,19,20). The number of nitrogen functional groups attached to an aromatic ring is 1. The third-order valence-corrected chi connectivity index (χ3v) is 3.37. The molecule has 0 unspecified atom stereocenters. The van der Waals surface area contributed by atoms with E-state index in [1.807, 2.05) is 13.0 Å². The number of halogens is 2. The van der Waals surface area contributed by atoms with Crippen molar-refractivity contribution in [1.82, 2.24) is 0 Å². The van der Waals surface area contributed by atoms with E-state index in [0.29, 0.717) is 15.8 Å². The van der Waals surface area contributed by atoms with E-state index in [0.717, 1.165) is 12.0 Å². The number of rotatable bonds is 3. The fraction of sp³-hybridized carbons (Fsp3) is 0.133. The molecule has 0 atom stereocenters. The zero-order valence-electron chi connectivity index (χ0n) is 10.9. The van der Waals surface area contributed by atoms with Crippen molar-refractivity contribution in [2.24, 2.45) is 0 Å². The van der Waals surface area contributed by atoms with E-state index in [-0.39, 0.29) is 11.5 Å². The molecule has 0 heterocycles. The Morgan fingerprint density at radius 3 is 2.65 bits per heavy atom. The predicted octanol–water partition coefficient (Wildman–Crippen LogP) is 3.99. The lowest BCUT2D eigenvalue weighted by atomic mass is 10.1. The quantitative estimate of drug-likeness (QED) is 0.832. The van der Waals surface area contributed by atoms with Gasteiger partial charge in [-0.25, -0.2) is 4.39 Å². The molecule has 104 valence electrons. The lowest BCUT2D eigenvalue weighted by molar-refractivity contribution is 0.102. The number of anilines is 2. The molecule has 0 aliphatic carbocycles. The van der Waals surface area contributed by atoms with E-state index >= 15 is 0 Å². The highest BCUT2D eigenvalue weighted by molar-refractivity contribution is 9.10. The number of nitrogens with one attached hydrogen (secondary N) is 1. The molecule has 5 heteroatoms. The van der Waals surface area contributed by atoms with Crippen molar-refractivity contribution in [2.45, 2.75) is 13.3 Å². The van der Waals surface area contributed by atoms with Gasteiger partial charge in [0.05, 0.1) is 0 Å². The molecule has 1 amide bonds. The van der Waals surface area contributed by atoms with Crippen molar-refractivity contribution in [3.8, 4) is 0 Å². The van der Waals surface area contributed by atoms with Crippen LogP contribution in [-0.4, -0.2) is 5.91 Å². The van der Waals surface area contributed by atoms with Crippen LogP contribution in [0.4, 0.5) is 15.8 Å². The molecular formula is C15H14BrFN2O. The van der Waals surface area contributed by atoms with Crippen LogP contribution >= 0.6 is 15.9 Å². The molecule has 3 nitrogen and oxygen atoms in total. The molecule has 2 rings (SSSR count). The second kappa shape index (κ2) is 6.05. The van der Waals surface area contributed by atoms with Crippen LogP contribution in [0.5, 0.6) is 0 Å². The minimum atomic E-state index is -0.467. The highest BCUT2D eigenvalue weighted by Crippen LogP contribution is 2.20. The number of nitrogens with two attached hydrogens (primary N) is 1. The Labute approximate surface area is 125 Å². The first-order valence-corrected chi connectivity index (χ1v) is 6.94. The average molecular weight is 337 g/mol. The van der Waals surface area contributed by atoms with Crippen molar-refractivity contribution < 1.29 is 9.18 Å². The van der Waals surface area contributed by atoms with Crippen LogP contribution in [0.15, 0.2) is 40.9 Å². The third-order valence-electron chi connectivity index (χ3n) is 2.91. The first-order chi connectivity index (χ1) is 9.49. The van der Waals surface area contributed by atoms with Gasteiger partial charge in [0.15, 0.2) is 0 Å². The molecule has 2 aromatic carbocycles. The summed E-state index contributed by atoms with van der Waals surface area (Å²) in [6, 6.07) is 9.38. The van der Waals surface area contributed by atoms with Gasteiger partial charge in [0.25, 0.3) is 5.91 Å². The van der Waals surface area contributed by atoms with Crippen molar-refractivity contribution >= 4 is 33.2 Å².